The molecule has 0 radical (unpaired) electrons. The second-order valence-corrected chi connectivity index (χ2v) is 6.49. The van der Waals surface area contributed by atoms with Crippen molar-refractivity contribution in [2.75, 3.05) is 20.8 Å². The fourth-order valence-electron chi connectivity index (χ4n) is 2.63. The van der Waals surface area contributed by atoms with Gasteiger partial charge in [-0.15, -0.1) is 0 Å². The summed E-state index contributed by atoms with van der Waals surface area (Å²) in [5, 5.41) is 0. The summed E-state index contributed by atoms with van der Waals surface area (Å²) in [6, 6.07) is 4.17. The van der Waals surface area contributed by atoms with Crippen LogP contribution in [-0.2, 0) is 10.8 Å². The molecule has 0 aliphatic heterocycles. The lowest BCUT2D eigenvalue weighted by atomic mass is 9.82. The molecule has 1 aliphatic carbocycles. The Morgan fingerprint density at radius 2 is 1.79 bits per heavy atom. The van der Waals surface area contributed by atoms with E-state index in [2.05, 4.69) is 32.9 Å². The van der Waals surface area contributed by atoms with Gasteiger partial charge in [-0.3, -0.25) is 0 Å². The Kier molecular flexibility index (Phi) is 3.52. The van der Waals surface area contributed by atoms with Gasteiger partial charge in [0, 0.05) is 23.1 Å². The summed E-state index contributed by atoms with van der Waals surface area (Å²) in [7, 11) is 3.45. The molecular formula is C16H25NO2. The van der Waals surface area contributed by atoms with Gasteiger partial charge in [-0.25, -0.2) is 0 Å². The van der Waals surface area contributed by atoms with Crippen LogP contribution in [-0.4, -0.2) is 20.8 Å². The van der Waals surface area contributed by atoms with Crippen molar-refractivity contribution in [2.24, 2.45) is 5.73 Å². The number of benzene rings is 1. The minimum absolute atomic E-state index is 0.0132. The summed E-state index contributed by atoms with van der Waals surface area (Å²) in [5.74, 6) is 1.87. The highest BCUT2D eigenvalue weighted by atomic mass is 16.5. The number of rotatable bonds is 4. The van der Waals surface area contributed by atoms with Crippen molar-refractivity contribution in [3.8, 4) is 11.5 Å². The van der Waals surface area contributed by atoms with Crippen molar-refractivity contribution in [2.45, 2.75) is 44.4 Å². The number of hydrogen-bond acceptors (Lipinski definition) is 3. The van der Waals surface area contributed by atoms with E-state index in [1.165, 1.54) is 11.1 Å². The zero-order chi connectivity index (χ0) is 14.3. The highest BCUT2D eigenvalue weighted by Crippen LogP contribution is 2.53. The summed E-state index contributed by atoms with van der Waals surface area (Å²) in [6.45, 7) is 7.24. The first-order chi connectivity index (χ1) is 8.88. The molecule has 1 aliphatic rings. The molecule has 0 saturated heterocycles. The Hall–Kier alpha value is -1.22. The highest BCUT2D eigenvalue weighted by Gasteiger charge is 2.46. The molecule has 1 aromatic carbocycles. The van der Waals surface area contributed by atoms with Crippen LogP contribution in [0.3, 0.4) is 0 Å². The van der Waals surface area contributed by atoms with Gasteiger partial charge in [0.15, 0.2) is 0 Å². The first-order valence-electron chi connectivity index (χ1n) is 6.85. The molecule has 106 valence electrons. The zero-order valence-electron chi connectivity index (χ0n) is 12.7. The quantitative estimate of drug-likeness (QED) is 0.908. The lowest BCUT2D eigenvalue weighted by molar-refractivity contribution is 0.378. The number of hydrogen-bond donors (Lipinski definition) is 1. The Morgan fingerprint density at radius 3 is 2.16 bits per heavy atom. The van der Waals surface area contributed by atoms with Crippen molar-refractivity contribution in [1.82, 2.24) is 0 Å². The molecule has 0 unspecified atom stereocenters. The van der Waals surface area contributed by atoms with Crippen molar-refractivity contribution in [3.05, 3.63) is 23.3 Å². The SMILES string of the molecule is COc1cc(C(C)(C)C)c(OC)c(C2(CN)CC2)c1. The summed E-state index contributed by atoms with van der Waals surface area (Å²) in [6.07, 6.45) is 2.27. The van der Waals surface area contributed by atoms with Gasteiger partial charge in [-0.1, -0.05) is 20.8 Å². The fraction of sp³-hybridized carbons (Fsp3) is 0.625. The van der Waals surface area contributed by atoms with Crippen LogP contribution in [0, 0.1) is 0 Å². The van der Waals surface area contributed by atoms with Crippen LogP contribution in [0.15, 0.2) is 12.1 Å². The highest BCUT2D eigenvalue weighted by molar-refractivity contribution is 5.55. The van der Waals surface area contributed by atoms with E-state index < -0.39 is 0 Å². The number of nitrogens with two attached hydrogens (primary N) is 1. The van der Waals surface area contributed by atoms with Crippen molar-refractivity contribution in [3.63, 3.8) is 0 Å². The minimum atomic E-state index is 0.0132. The van der Waals surface area contributed by atoms with Crippen LogP contribution in [0.4, 0.5) is 0 Å². The van der Waals surface area contributed by atoms with Crippen LogP contribution in [0.25, 0.3) is 0 Å². The van der Waals surface area contributed by atoms with E-state index in [-0.39, 0.29) is 10.8 Å². The van der Waals surface area contributed by atoms with Gasteiger partial charge in [0.25, 0.3) is 0 Å². The molecule has 0 bridgehead atoms. The summed E-state index contributed by atoms with van der Waals surface area (Å²) in [4.78, 5) is 0. The van der Waals surface area contributed by atoms with Crippen molar-refractivity contribution in [1.29, 1.82) is 0 Å². The molecular weight excluding hydrogens is 238 g/mol. The first kappa shape index (κ1) is 14.2. The van der Waals surface area contributed by atoms with Crippen molar-refractivity contribution >= 4 is 0 Å². The van der Waals surface area contributed by atoms with E-state index in [4.69, 9.17) is 15.2 Å². The summed E-state index contributed by atoms with van der Waals surface area (Å²) in [5.41, 5.74) is 8.48. The largest absolute Gasteiger partial charge is 0.497 e. The molecule has 1 aromatic rings. The molecule has 3 nitrogen and oxygen atoms in total. The molecule has 0 amide bonds. The fourth-order valence-corrected chi connectivity index (χ4v) is 2.63. The van der Waals surface area contributed by atoms with Crippen LogP contribution >= 0.6 is 0 Å². The van der Waals surface area contributed by atoms with Gasteiger partial charge in [0.2, 0.25) is 0 Å². The van der Waals surface area contributed by atoms with Crippen LogP contribution in [0.2, 0.25) is 0 Å². The van der Waals surface area contributed by atoms with Crippen LogP contribution in [0.1, 0.15) is 44.7 Å². The van der Waals surface area contributed by atoms with Crippen LogP contribution in [0.5, 0.6) is 11.5 Å². The predicted molar refractivity (Wildman–Crippen MR) is 78.2 cm³/mol. The van der Waals surface area contributed by atoms with Crippen molar-refractivity contribution < 1.29 is 9.47 Å². The lowest BCUT2D eigenvalue weighted by Crippen LogP contribution is -2.23. The number of ether oxygens (including phenoxy) is 2. The van der Waals surface area contributed by atoms with Gasteiger partial charge in [0.05, 0.1) is 14.2 Å². The Labute approximate surface area is 116 Å². The molecule has 3 heteroatoms. The topological polar surface area (TPSA) is 44.5 Å². The molecule has 19 heavy (non-hydrogen) atoms. The number of methoxy groups -OCH3 is 2. The van der Waals surface area contributed by atoms with Gasteiger partial charge in [-0.05, 0) is 30.4 Å². The smallest absolute Gasteiger partial charge is 0.126 e. The Balaban J connectivity index is 2.65. The first-order valence-corrected chi connectivity index (χ1v) is 6.85. The van der Waals surface area contributed by atoms with E-state index in [0.29, 0.717) is 6.54 Å². The molecule has 0 spiro atoms. The molecule has 0 atom stereocenters. The third kappa shape index (κ3) is 2.44. The molecule has 0 aromatic heterocycles. The summed E-state index contributed by atoms with van der Waals surface area (Å²) < 4.78 is 11.2. The second-order valence-electron chi connectivity index (χ2n) is 6.49. The summed E-state index contributed by atoms with van der Waals surface area (Å²) >= 11 is 0. The zero-order valence-corrected chi connectivity index (χ0v) is 12.7. The third-order valence-electron chi connectivity index (χ3n) is 4.13. The average Bonchev–Trinajstić information content (AvgIpc) is 3.17. The van der Waals surface area contributed by atoms with Gasteiger partial charge in [-0.2, -0.15) is 0 Å². The second kappa shape index (κ2) is 4.71. The maximum atomic E-state index is 5.98. The van der Waals surface area contributed by atoms with E-state index in [1.807, 2.05) is 0 Å². The van der Waals surface area contributed by atoms with Crippen LogP contribution < -0.4 is 15.2 Å². The minimum Gasteiger partial charge on any atom is -0.497 e. The standard InChI is InChI=1S/C16H25NO2/c1-15(2,3)12-8-11(18-4)9-13(14(12)19-5)16(10-17)6-7-16/h8-9H,6-7,10,17H2,1-5H3. The maximum absolute atomic E-state index is 5.98. The van der Waals surface area contributed by atoms with E-state index in [9.17, 15) is 0 Å². The van der Waals surface area contributed by atoms with E-state index >= 15 is 0 Å². The van der Waals surface area contributed by atoms with E-state index in [0.717, 1.165) is 24.3 Å². The van der Waals surface area contributed by atoms with Gasteiger partial charge < -0.3 is 15.2 Å². The molecule has 2 rings (SSSR count). The van der Waals surface area contributed by atoms with Gasteiger partial charge >= 0.3 is 0 Å². The van der Waals surface area contributed by atoms with E-state index in [1.54, 1.807) is 14.2 Å². The molecule has 0 heterocycles. The average molecular weight is 263 g/mol. The predicted octanol–water partition coefficient (Wildman–Crippen LogP) is 2.99. The normalized spacial score (nSPS) is 17.2. The molecule has 1 saturated carbocycles. The monoisotopic (exact) mass is 263 g/mol. The lowest BCUT2D eigenvalue weighted by Gasteiger charge is -2.27. The third-order valence-corrected chi connectivity index (χ3v) is 4.13. The molecule has 2 N–H and O–H groups in total. The van der Waals surface area contributed by atoms with Gasteiger partial charge in [0.1, 0.15) is 11.5 Å². The maximum Gasteiger partial charge on any atom is 0.126 e. The Morgan fingerprint density at radius 1 is 1.16 bits per heavy atom. The molecule has 1 fully saturated rings. The Bertz CT molecular complexity index is 470.